The lowest BCUT2D eigenvalue weighted by Crippen LogP contribution is -2.43. The quantitative estimate of drug-likeness (QED) is 0.866. The summed E-state index contributed by atoms with van der Waals surface area (Å²) < 4.78 is 10.2. The first-order chi connectivity index (χ1) is 11.6. The molecule has 0 spiro atoms. The fourth-order valence-electron chi connectivity index (χ4n) is 2.84. The molecular weight excluding hydrogens is 308 g/mol. The predicted molar refractivity (Wildman–Crippen MR) is 91.0 cm³/mol. The van der Waals surface area contributed by atoms with Crippen molar-refractivity contribution >= 4 is 12.0 Å². The first kappa shape index (κ1) is 18.1. The van der Waals surface area contributed by atoms with E-state index < -0.39 is 0 Å². The van der Waals surface area contributed by atoms with E-state index in [9.17, 15) is 9.59 Å². The van der Waals surface area contributed by atoms with Crippen LogP contribution in [0.2, 0.25) is 0 Å². The van der Waals surface area contributed by atoms with Gasteiger partial charge in [0.05, 0.1) is 13.7 Å². The highest BCUT2D eigenvalue weighted by molar-refractivity contribution is 5.79. The van der Waals surface area contributed by atoms with Crippen LogP contribution in [0.5, 0.6) is 5.75 Å². The largest absolute Gasteiger partial charge is 0.497 e. The number of piperidine rings is 1. The highest BCUT2D eigenvalue weighted by atomic mass is 16.6. The lowest BCUT2D eigenvalue weighted by atomic mass is 9.96. The molecule has 0 unspecified atom stereocenters. The topological polar surface area (TPSA) is 67.9 Å². The summed E-state index contributed by atoms with van der Waals surface area (Å²) in [6.07, 6.45) is 1.85. The molecule has 6 nitrogen and oxygen atoms in total. The zero-order valence-corrected chi connectivity index (χ0v) is 14.4. The molecule has 1 saturated heterocycles. The zero-order valence-electron chi connectivity index (χ0n) is 14.4. The molecule has 0 bridgehead atoms. The summed E-state index contributed by atoms with van der Waals surface area (Å²) in [4.78, 5) is 25.6. The first-order valence-corrected chi connectivity index (χ1v) is 8.46. The van der Waals surface area contributed by atoms with E-state index in [0.29, 0.717) is 39.1 Å². The van der Waals surface area contributed by atoms with E-state index in [-0.39, 0.29) is 17.9 Å². The molecule has 0 radical (unpaired) electrons. The zero-order chi connectivity index (χ0) is 17.4. The highest BCUT2D eigenvalue weighted by Crippen LogP contribution is 2.18. The van der Waals surface area contributed by atoms with Gasteiger partial charge in [-0.05, 0) is 43.9 Å². The van der Waals surface area contributed by atoms with Crippen molar-refractivity contribution in [1.82, 2.24) is 10.2 Å². The second kappa shape index (κ2) is 9.15. The number of carbonyl (C=O) groups excluding carboxylic acids is 2. The van der Waals surface area contributed by atoms with Crippen molar-refractivity contribution in [3.05, 3.63) is 29.8 Å². The van der Waals surface area contributed by atoms with Crippen molar-refractivity contribution in [2.45, 2.75) is 26.2 Å². The van der Waals surface area contributed by atoms with Gasteiger partial charge in [0.25, 0.3) is 0 Å². The van der Waals surface area contributed by atoms with E-state index >= 15 is 0 Å². The van der Waals surface area contributed by atoms with Crippen LogP contribution in [0.1, 0.15) is 25.3 Å². The first-order valence-electron chi connectivity index (χ1n) is 8.46. The predicted octanol–water partition coefficient (Wildman–Crippen LogP) is 2.22. The molecule has 0 atom stereocenters. The number of rotatable bonds is 6. The fraction of sp³-hybridized carbons (Fsp3) is 0.556. The van der Waals surface area contributed by atoms with E-state index in [4.69, 9.17) is 9.47 Å². The fourth-order valence-corrected chi connectivity index (χ4v) is 2.84. The molecule has 24 heavy (non-hydrogen) atoms. The molecule has 0 saturated carbocycles. The number of ether oxygens (including phenoxy) is 2. The second-order valence-electron chi connectivity index (χ2n) is 5.85. The van der Waals surface area contributed by atoms with Crippen molar-refractivity contribution in [3.8, 4) is 5.75 Å². The molecule has 1 aliphatic heterocycles. The van der Waals surface area contributed by atoms with Crippen molar-refractivity contribution < 1.29 is 19.1 Å². The lowest BCUT2D eigenvalue weighted by Gasteiger charge is -2.30. The summed E-state index contributed by atoms with van der Waals surface area (Å²) in [5.74, 6) is 0.868. The number of amides is 2. The third-order valence-corrected chi connectivity index (χ3v) is 4.24. The molecule has 0 aromatic heterocycles. The average Bonchev–Trinajstić information content (AvgIpc) is 2.62. The Kier molecular flexibility index (Phi) is 6.90. The Morgan fingerprint density at radius 3 is 2.71 bits per heavy atom. The van der Waals surface area contributed by atoms with Crippen molar-refractivity contribution in [3.63, 3.8) is 0 Å². The second-order valence-corrected chi connectivity index (χ2v) is 5.85. The Labute approximate surface area is 143 Å². The maximum absolute atomic E-state index is 12.2. The number of nitrogens with zero attached hydrogens (tertiary/aromatic N) is 1. The Bertz CT molecular complexity index is 554. The molecule has 1 aromatic rings. The van der Waals surface area contributed by atoms with Crippen molar-refractivity contribution in [2.24, 2.45) is 5.92 Å². The smallest absolute Gasteiger partial charge is 0.409 e. The SMILES string of the molecule is CCOC(=O)N1CCC(C(=O)NCCc2cccc(OC)c2)CC1. The van der Waals surface area contributed by atoms with Crippen LogP contribution in [0, 0.1) is 5.92 Å². The van der Waals surface area contributed by atoms with Gasteiger partial charge in [0.2, 0.25) is 5.91 Å². The minimum Gasteiger partial charge on any atom is -0.497 e. The third-order valence-electron chi connectivity index (χ3n) is 4.24. The van der Waals surface area contributed by atoms with Gasteiger partial charge in [-0.15, -0.1) is 0 Å². The van der Waals surface area contributed by atoms with Crippen molar-refractivity contribution in [2.75, 3.05) is 33.4 Å². The lowest BCUT2D eigenvalue weighted by molar-refractivity contribution is -0.126. The standard InChI is InChI=1S/C18H26N2O4/c1-3-24-18(22)20-11-8-15(9-12-20)17(21)19-10-7-14-5-4-6-16(13-14)23-2/h4-6,13,15H,3,7-12H2,1-2H3,(H,19,21). The Morgan fingerprint density at radius 2 is 2.04 bits per heavy atom. The van der Waals surface area contributed by atoms with Gasteiger partial charge in [-0.25, -0.2) is 4.79 Å². The van der Waals surface area contributed by atoms with Crippen LogP contribution in [0.15, 0.2) is 24.3 Å². The van der Waals surface area contributed by atoms with Gasteiger partial charge in [-0.1, -0.05) is 12.1 Å². The van der Waals surface area contributed by atoms with E-state index in [2.05, 4.69) is 5.32 Å². The number of carbonyl (C=O) groups is 2. The van der Waals surface area contributed by atoms with Crippen molar-refractivity contribution in [1.29, 1.82) is 0 Å². The van der Waals surface area contributed by atoms with Crippen LogP contribution in [-0.2, 0) is 16.0 Å². The maximum Gasteiger partial charge on any atom is 0.409 e. The molecule has 1 fully saturated rings. The summed E-state index contributed by atoms with van der Waals surface area (Å²) in [5.41, 5.74) is 1.13. The van der Waals surface area contributed by atoms with E-state index in [0.717, 1.165) is 17.7 Å². The number of benzene rings is 1. The summed E-state index contributed by atoms with van der Waals surface area (Å²) in [6, 6.07) is 7.84. The highest BCUT2D eigenvalue weighted by Gasteiger charge is 2.27. The third kappa shape index (κ3) is 5.15. The minimum absolute atomic E-state index is 0.0269. The van der Waals surface area contributed by atoms with Gasteiger partial charge in [0, 0.05) is 25.6 Å². The molecule has 0 aliphatic carbocycles. The Hall–Kier alpha value is -2.24. The molecule has 2 rings (SSSR count). The molecule has 1 N–H and O–H groups in total. The maximum atomic E-state index is 12.2. The number of hydrogen-bond acceptors (Lipinski definition) is 4. The normalized spacial score (nSPS) is 15.0. The molecular formula is C18H26N2O4. The van der Waals surface area contributed by atoms with E-state index in [1.54, 1.807) is 18.9 Å². The summed E-state index contributed by atoms with van der Waals surface area (Å²) >= 11 is 0. The van der Waals surface area contributed by atoms with Gasteiger partial charge in [0.15, 0.2) is 0 Å². The molecule has 6 heteroatoms. The van der Waals surface area contributed by atoms with Gasteiger partial charge in [-0.3, -0.25) is 4.79 Å². The minimum atomic E-state index is -0.283. The Balaban J connectivity index is 1.71. The number of likely N-dealkylation sites (tertiary alicyclic amines) is 1. The van der Waals surface area contributed by atoms with Crippen LogP contribution < -0.4 is 10.1 Å². The van der Waals surface area contributed by atoms with Gasteiger partial charge in [-0.2, -0.15) is 0 Å². The molecule has 1 heterocycles. The molecule has 2 amide bonds. The molecule has 132 valence electrons. The van der Waals surface area contributed by atoms with Gasteiger partial charge >= 0.3 is 6.09 Å². The number of hydrogen-bond donors (Lipinski definition) is 1. The number of methoxy groups -OCH3 is 1. The van der Waals surface area contributed by atoms with Gasteiger partial charge in [0.1, 0.15) is 5.75 Å². The van der Waals surface area contributed by atoms with Crippen LogP contribution in [0.25, 0.3) is 0 Å². The average molecular weight is 334 g/mol. The molecule has 1 aromatic carbocycles. The van der Waals surface area contributed by atoms with Crippen LogP contribution >= 0.6 is 0 Å². The Morgan fingerprint density at radius 1 is 1.29 bits per heavy atom. The van der Waals surface area contributed by atoms with Crippen LogP contribution in [0.3, 0.4) is 0 Å². The summed E-state index contributed by atoms with van der Waals surface area (Å²) in [5, 5.41) is 2.99. The van der Waals surface area contributed by atoms with Gasteiger partial charge < -0.3 is 19.7 Å². The van der Waals surface area contributed by atoms with E-state index in [1.807, 2.05) is 24.3 Å². The number of nitrogens with one attached hydrogen (secondary N) is 1. The van der Waals surface area contributed by atoms with Crippen LogP contribution in [-0.4, -0.2) is 50.3 Å². The van der Waals surface area contributed by atoms with E-state index in [1.165, 1.54) is 0 Å². The molecule has 1 aliphatic rings. The monoisotopic (exact) mass is 334 g/mol. The van der Waals surface area contributed by atoms with Crippen LogP contribution in [0.4, 0.5) is 4.79 Å². The summed E-state index contributed by atoms with van der Waals surface area (Å²) in [7, 11) is 1.64. The summed E-state index contributed by atoms with van der Waals surface area (Å²) in [6.45, 7) is 3.92.